The third-order valence-corrected chi connectivity index (χ3v) is 3.74. The van der Waals surface area contributed by atoms with Gasteiger partial charge in [-0.2, -0.15) is 0 Å². The monoisotopic (exact) mass is 318 g/mol. The van der Waals surface area contributed by atoms with E-state index in [-0.39, 0.29) is 31.2 Å². The van der Waals surface area contributed by atoms with Crippen molar-refractivity contribution in [1.29, 1.82) is 0 Å². The number of para-hydroxylation sites is 1. The predicted octanol–water partition coefficient (Wildman–Crippen LogP) is 1.52. The number of aliphatic hydroxyl groups excluding tert-OH is 1. The van der Waals surface area contributed by atoms with Crippen LogP contribution in [-0.4, -0.2) is 42.5 Å². The molecule has 0 fully saturated rings. The highest BCUT2D eigenvalue weighted by atomic mass is 16.6. The number of fused-ring (bicyclic) bond motifs is 2. The molecule has 0 spiro atoms. The first-order valence-corrected chi connectivity index (χ1v) is 7.48. The molecule has 2 heterocycles. The first kappa shape index (κ1) is 15.5. The van der Waals surface area contributed by atoms with Crippen LogP contribution in [0.5, 0.6) is 0 Å². The van der Waals surface area contributed by atoms with Crippen LogP contribution in [0.3, 0.4) is 0 Å². The number of aliphatic hydroxyl groups is 1. The van der Waals surface area contributed by atoms with Crippen molar-refractivity contribution in [1.82, 2.24) is 4.90 Å². The second kappa shape index (κ2) is 6.39. The number of amides is 1. The van der Waals surface area contributed by atoms with Crippen molar-refractivity contribution in [3.63, 3.8) is 0 Å². The van der Waals surface area contributed by atoms with Crippen molar-refractivity contribution in [2.45, 2.75) is 13.5 Å². The number of ether oxygens (including phenoxy) is 1. The van der Waals surface area contributed by atoms with Crippen LogP contribution in [0, 0.1) is 0 Å². The Morgan fingerprint density at radius 3 is 2.91 bits per heavy atom. The van der Waals surface area contributed by atoms with Gasteiger partial charge in [0.2, 0.25) is 5.88 Å². The number of hydrogen-bond donors (Lipinski definition) is 1. The maximum Gasteiger partial charge on any atom is 0.417 e. The lowest BCUT2D eigenvalue weighted by atomic mass is 10.1. The normalized spacial score (nSPS) is 14.8. The van der Waals surface area contributed by atoms with Gasteiger partial charge in [-0.3, -0.25) is 9.69 Å². The van der Waals surface area contributed by atoms with Gasteiger partial charge in [-0.25, -0.2) is 9.69 Å². The molecule has 7 heteroatoms. The smallest absolute Gasteiger partial charge is 0.417 e. The van der Waals surface area contributed by atoms with Crippen molar-refractivity contribution in [2.75, 3.05) is 31.3 Å². The van der Waals surface area contributed by atoms with Crippen LogP contribution in [-0.2, 0) is 11.3 Å². The Labute approximate surface area is 132 Å². The van der Waals surface area contributed by atoms with Crippen molar-refractivity contribution >= 4 is 22.9 Å². The molecule has 0 saturated heterocycles. The summed E-state index contributed by atoms with van der Waals surface area (Å²) in [6.07, 6.45) is -0.574. The first-order chi connectivity index (χ1) is 11.2. The van der Waals surface area contributed by atoms with E-state index >= 15 is 0 Å². The number of nitrogens with zero attached hydrogens (tertiary/aromatic N) is 2. The number of hydrogen-bond acceptors (Lipinski definition) is 6. The summed E-state index contributed by atoms with van der Waals surface area (Å²) in [7, 11) is 0. The summed E-state index contributed by atoms with van der Waals surface area (Å²) >= 11 is 0. The van der Waals surface area contributed by atoms with Crippen molar-refractivity contribution in [3.8, 4) is 0 Å². The fourth-order valence-electron chi connectivity index (χ4n) is 2.70. The molecule has 1 aromatic heterocycles. The Hall–Kier alpha value is -2.38. The van der Waals surface area contributed by atoms with Gasteiger partial charge in [0.1, 0.15) is 5.58 Å². The van der Waals surface area contributed by atoms with Gasteiger partial charge in [0.05, 0.1) is 30.8 Å². The molecule has 1 aliphatic heterocycles. The Morgan fingerprint density at radius 2 is 2.17 bits per heavy atom. The lowest BCUT2D eigenvalue weighted by molar-refractivity contribution is 0.139. The van der Waals surface area contributed by atoms with E-state index in [0.29, 0.717) is 29.6 Å². The Kier molecular flexibility index (Phi) is 4.31. The van der Waals surface area contributed by atoms with Gasteiger partial charge in [-0.15, -0.1) is 0 Å². The molecule has 23 heavy (non-hydrogen) atoms. The Bertz CT molecular complexity index is 786. The topological polar surface area (TPSA) is 83.2 Å². The van der Waals surface area contributed by atoms with Crippen LogP contribution in [0.2, 0.25) is 0 Å². The molecule has 3 rings (SSSR count). The zero-order valence-corrected chi connectivity index (χ0v) is 12.8. The van der Waals surface area contributed by atoms with Gasteiger partial charge in [0.25, 0.3) is 0 Å². The van der Waals surface area contributed by atoms with E-state index in [4.69, 9.17) is 14.3 Å². The summed E-state index contributed by atoms with van der Waals surface area (Å²) < 4.78 is 10.9. The van der Waals surface area contributed by atoms with E-state index in [2.05, 4.69) is 0 Å². The van der Waals surface area contributed by atoms with Crippen molar-refractivity contribution in [2.24, 2.45) is 0 Å². The third kappa shape index (κ3) is 2.80. The summed E-state index contributed by atoms with van der Waals surface area (Å²) in [5, 5.41) is 9.63. The van der Waals surface area contributed by atoms with Crippen LogP contribution in [0.25, 0.3) is 11.0 Å². The molecule has 2 aromatic rings. The van der Waals surface area contributed by atoms with Crippen LogP contribution in [0.4, 0.5) is 10.7 Å². The maximum atomic E-state index is 12.7. The van der Waals surface area contributed by atoms with E-state index in [1.807, 2.05) is 0 Å². The Balaban J connectivity index is 2.14. The molecule has 1 N–H and O–H groups in total. The summed E-state index contributed by atoms with van der Waals surface area (Å²) in [6.45, 7) is 2.74. The van der Waals surface area contributed by atoms with Crippen LogP contribution in [0.1, 0.15) is 12.5 Å². The molecular weight excluding hydrogens is 300 g/mol. The van der Waals surface area contributed by atoms with Gasteiger partial charge in [-0.1, -0.05) is 12.1 Å². The summed E-state index contributed by atoms with van der Waals surface area (Å²) in [5.41, 5.74) is 0.663. The SMILES string of the molecule is CCOC(=O)N1CN(CCO)Cc2c1oc1ccccc1c2=O. The summed E-state index contributed by atoms with van der Waals surface area (Å²) in [5.74, 6) is 0.223. The molecule has 1 aliphatic rings. The number of anilines is 1. The first-order valence-electron chi connectivity index (χ1n) is 7.48. The van der Waals surface area contributed by atoms with Crippen LogP contribution < -0.4 is 10.3 Å². The minimum absolute atomic E-state index is 0.0646. The van der Waals surface area contributed by atoms with E-state index in [9.17, 15) is 9.59 Å². The van der Waals surface area contributed by atoms with Gasteiger partial charge >= 0.3 is 6.09 Å². The zero-order valence-electron chi connectivity index (χ0n) is 12.8. The van der Waals surface area contributed by atoms with Gasteiger partial charge in [0, 0.05) is 13.1 Å². The molecule has 0 bridgehead atoms. The number of carbonyl (C=O) groups is 1. The van der Waals surface area contributed by atoms with E-state index in [1.54, 1.807) is 36.1 Å². The summed E-state index contributed by atoms with van der Waals surface area (Å²) in [4.78, 5) is 28.0. The molecule has 1 amide bonds. The minimum atomic E-state index is -0.574. The van der Waals surface area contributed by atoms with E-state index in [0.717, 1.165) is 0 Å². The quantitative estimate of drug-likeness (QED) is 0.924. The zero-order chi connectivity index (χ0) is 16.4. The standard InChI is InChI=1S/C16H18N2O5/c1-2-22-16(21)18-10-17(7-8-19)9-12-14(20)11-5-3-4-6-13(11)23-15(12)18/h3-6,19H,2,7-10H2,1H3. The largest absolute Gasteiger partial charge is 0.449 e. The van der Waals surface area contributed by atoms with Crippen LogP contribution in [0.15, 0.2) is 33.5 Å². The lowest BCUT2D eigenvalue weighted by Crippen LogP contribution is -2.48. The van der Waals surface area contributed by atoms with Crippen molar-refractivity contribution < 1.29 is 19.1 Å². The van der Waals surface area contributed by atoms with E-state index in [1.165, 1.54) is 4.90 Å². The molecule has 0 aliphatic carbocycles. The van der Waals surface area contributed by atoms with Crippen molar-refractivity contribution in [3.05, 3.63) is 40.1 Å². The predicted molar refractivity (Wildman–Crippen MR) is 84.3 cm³/mol. The molecule has 7 nitrogen and oxygen atoms in total. The fourth-order valence-corrected chi connectivity index (χ4v) is 2.70. The molecule has 0 saturated carbocycles. The fraction of sp³-hybridized carbons (Fsp3) is 0.375. The number of rotatable bonds is 3. The molecular formula is C16H18N2O5. The minimum Gasteiger partial charge on any atom is -0.449 e. The maximum absolute atomic E-state index is 12.7. The number of benzene rings is 1. The highest BCUT2D eigenvalue weighted by Gasteiger charge is 2.32. The van der Waals surface area contributed by atoms with Gasteiger partial charge in [0.15, 0.2) is 5.43 Å². The van der Waals surface area contributed by atoms with E-state index < -0.39 is 6.09 Å². The molecule has 0 unspecified atom stereocenters. The number of β-amino-alcohol motifs (C(OH)–C–C–N with tert-alkyl or cyclic N) is 1. The molecule has 0 radical (unpaired) electrons. The highest BCUT2D eigenvalue weighted by Crippen LogP contribution is 2.29. The summed E-state index contributed by atoms with van der Waals surface area (Å²) in [6, 6.07) is 6.93. The van der Waals surface area contributed by atoms with Gasteiger partial charge < -0.3 is 14.3 Å². The average molecular weight is 318 g/mol. The Morgan fingerprint density at radius 1 is 1.39 bits per heavy atom. The molecule has 1 aromatic carbocycles. The lowest BCUT2D eigenvalue weighted by Gasteiger charge is -2.34. The second-order valence-electron chi connectivity index (χ2n) is 5.26. The van der Waals surface area contributed by atoms with Gasteiger partial charge in [-0.05, 0) is 19.1 Å². The molecule has 122 valence electrons. The number of carbonyl (C=O) groups excluding carboxylic acids is 1. The third-order valence-electron chi connectivity index (χ3n) is 3.74. The van der Waals surface area contributed by atoms with Crippen LogP contribution >= 0.6 is 0 Å². The average Bonchev–Trinajstić information content (AvgIpc) is 2.56. The highest BCUT2D eigenvalue weighted by molar-refractivity contribution is 5.89. The second-order valence-corrected chi connectivity index (χ2v) is 5.26. The molecule has 0 atom stereocenters.